The van der Waals surface area contributed by atoms with Crippen molar-refractivity contribution >= 4 is 17.8 Å². The van der Waals surface area contributed by atoms with Gasteiger partial charge in [0.15, 0.2) is 0 Å². The van der Waals surface area contributed by atoms with Gasteiger partial charge in [0.25, 0.3) is 0 Å². The van der Waals surface area contributed by atoms with Crippen molar-refractivity contribution in [2.24, 2.45) is 0 Å². The van der Waals surface area contributed by atoms with Crippen molar-refractivity contribution in [3.8, 4) is 0 Å². The van der Waals surface area contributed by atoms with Crippen molar-refractivity contribution in [1.29, 1.82) is 0 Å². The second-order valence-corrected chi connectivity index (χ2v) is 9.17. The van der Waals surface area contributed by atoms with E-state index < -0.39 is 12.2 Å². The summed E-state index contributed by atoms with van der Waals surface area (Å²) in [5.74, 6) is -0.0192. The zero-order chi connectivity index (χ0) is 22.7. The molecular formula is C24H35N5O3. The van der Waals surface area contributed by atoms with Crippen LogP contribution in [0.2, 0.25) is 0 Å². The van der Waals surface area contributed by atoms with Crippen LogP contribution in [0.4, 0.5) is 4.79 Å². The largest absolute Gasteiger partial charge is 0.334 e. The molecule has 2 atom stereocenters. The summed E-state index contributed by atoms with van der Waals surface area (Å²) in [6.07, 6.45) is 6.26. The van der Waals surface area contributed by atoms with Gasteiger partial charge in [-0.2, -0.15) is 0 Å². The number of benzene rings is 1. The topological polar surface area (TPSA) is 76.2 Å². The fourth-order valence-electron chi connectivity index (χ4n) is 5.34. The summed E-state index contributed by atoms with van der Waals surface area (Å²) in [6.45, 7) is 2.97. The number of hydrogen-bond donors (Lipinski definition) is 1. The Morgan fingerprint density at radius 3 is 2.53 bits per heavy atom. The van der Waals surface area contributed by atoms with E-state index in [0.29, 0.717) is 19.5 Å². The van der Waals surface area contributed by atoms with E-state index in [-0.39, 0.29) is 30.4 Å². The number of hydrazine groups is 1. The number of piperazine rings is 1. The molecule has 2 heterocycles. The molecule has 8 nitrogen and oxygen atoms in total. The molecule has 4 rings (SSSR count). The molecule has 174 valence electrons. The Balaban J connectivity index is 1.58. The number of carbonyl (C=O) groups excluding carboxylic acids is 3. The molecule has 4 amide bonds. The summed E-state index contributed by atoms with van der Waals surface area (Å²) < 4.78 is 0. The Morgan fingerprint density at radius 2 is 1.84 bits per heavy atom. The van der Waals surface area contributed by atoms with Crippen molar-refractivity contribution in [3.05, 3.63) is 35.9 Å². The van der Waals surface area contributed by atoms with Crippen LogP contribution < -0.4 is 5.32 Å². The first-order valence-corrected chi connectivity index (χ1v) is 11.9. The van der Waals surface area contributed by atoms with Gasteiger partial charge in [0.1, 0.15) is 12.2 Å². The molecule has 1 aromatic rings. The van der Waals surface area contributed by atoms with Crippen molar-refractivity contribution in [2.75, 3.05) is 20.1 Å². The molecular weight excluding hydrogens is 406 g/mol. The lowest BCUT2D eigenvalue weighted by Crippen LogP contribution is -2.76. The summed E-state index contributed by atoms with van der Waals surface area (Å²) in [5.41, 5.74) is 1.01. The summed E-state index contributed by atoms with van der Waals surface area (Å²) in [4.78, 5) is 43.6. The average molecular weight is 442 g/mol. The molecule has 2 saturated heterocycles. The molecule has 0 spiro atoms. The third-order valence-electron chi connectivity index (χ3n) is 6.98. The van der Waals surface area contributed by atoms with Crippen LogP contribution in [0, 0.1) is 0 Å². The predicted molar refractivity (Wildman–Crippen MR) is 121 cm³/mol. The maximum atomic E-state index is 13.5. The molecule has 0 bridgehead atoms. The van der Waals surface area contributed by atoms with Gasteiger partial charge in [0, 0.05) is 19.6 Å². The van der Waals surface area contributed by atoms with Gasteiger partial charge in [0.05, 0.1) is 13.1 Å². The average Bonchev–Trinajstić information content (AvgIpc) is 3.32. The lowest BCUT2D eigenvalue weighted by Gasteiger charge is -2.55. The van der Waals surface area contributed by atoms with Crippen LogP contribution in [0.15, 0.2) is 30.3 Å². The summed E-state index contributed by atoms with van der Waals surface area (Å²) in [7, 11) is 1.77. The van der Waals surface area contributed by atoms with Gasteiger partial charge < -0.3 is 15.1 Å². The quantitative estimate of drug-likeness (QED) is 0.736. The smallest absolute Gasteiger partial charge is 0.334 e. The lowest BCUT2D eigenvalue weighted by atomic mass is 9.99. The summed E-state index contributed by atoms with van der Waals surface area (Å²) >= 11 is 0. The minimum atomic E-state index is -0.486. The van der Waals surface area contributed by atoms with E-state index in [0.717, 1.165) is 44.1 Å². The van der Waals surface area contributed by atoms with Crippen LogP contribution in [0.1, 0.15) is 57.4 Å². The molecule has 3 fully saturated rings. The van der Waals surface area contributed by atoms with Crippen LogP contribution >= 0.6 is 0 Å². The van der Waals surface area contributed by atoms with E-state index in [1.54, 1.807) is 22.0 Å². The van der Waals surface area contributed by atoms with Gasteiger partial charge in [-0.15, -0.1) is 0 Å². The molecule has 8 heteroatoms. The number of nitrogens with zero attached hydrogens (tertiary/aromatic N) is 4. The Morgan fingerprint density at radius 1 is 1.12 bits per heavy atom. The molecule has 1 aliphatic carbocycles. The molecule has 0 unspecified atom stereocenters. The Hall–Kier alpha value is -2.61. The summed E-state index contributed by atoms with van der Waals surface area (Å²) in [6, 6.07) is 9.26. The number of rotatable bonds is 6. The maximum Gasteiger partial charge on any atom is 0.334 e. The van der Waals surface area contributed by atoms with Crippen molar-refractivity contribution in [1.82, 2.24) is 25.1 Å². The van der Waals surface area contributed by atoms with Crippen LogP contribution in [0.25, 0.3) is 0 Å². The minimum absolute atomic E-state index is 0.0594. The number of fused-ring (bicyclic) bond motifs is 1. The molecule has 3 aliphatic rings. The van der Waals surface area contributed by atoms with Crippen LogP contribution in [-0.2, 0) is 16.1 Å². The van der Waals surface area contributed by atoms with E-state index in [1.807, 2.05) is 35.2 Å². The first-order chi connectivity index (χ1) is 15.5. The highest BCUT2D eigenvalue weighted by Gasteiger charge is 2.51. The highest BCUT2D eigenvalue weighted by Crippen LogP contribution is 2.33. The maximum absolute atomic E-state index is 13.5. The zero-order valence-corrected chi connectivity index (χ0v) is 19.2. The molecule has 0 radical (unpaired) electrons. The number of likely N-dealkylation sites (N-methyl/N-ethyl adjacent to an activating group) is 1. The first kappa shape index (κ1) is 22.6. The highest BCUT2D eigenvalue weighted by atomic mass is 16.2. The van der Waals surface area contributed by atoms with E-state index >= 15 is 0 Å². The highest BCUT2D eigenvalue weighted by molar-refractivity contribution is 5.91. The number of urea groups is 1. The van der Waals surface area contributed by atoms with Gasteiger partial charge in [-0.1, -0.05) is 62.9 Å². The van der Waals surface area contributed by atoms with E-state index in [4.69, 9.17) is 0 Å². The van der Waals surface area contributed by atoms with Crippen LogP contribution in [-0.4, -0.2) is 76.0 Å². The van der Waals surface area contributed by atoms with Crippen molar-refractivity contribution in [3.63, 3.8) is 0 Å². The number of amides is 4. The molecule has 0 aromatic heterocycles. The van der Waals surface area contributed by atoms with Crippen molar-refractivity contribution < 1.29 is 14.4 Å². The van der Waals surface area contributed by atoms with Gasteiger partial charge in [-0.05, 0) is 24.8 Å². The lowest BCUT2D eigenvalue weighted by molar-refractivity contribution is -0.189. The van der Waals surface area contributed by atoms with Gasteiger partial charge in [-0.25, -0.2) is 14.8 Å². The van der Waals surface area contributed by atoms with E-state index in [2.05, 4.69) is 12.2 Å². The minimum Gasteiger partial charge on any atom is -0.334 e. The number of hydrogen-bond acceptors (Lipinski definition) is 4. The first-order valence-electron chi connectivity index (χ1n) is 11.9. The SMILES string of the molecule is CCCC[C@H]1C(=O)N(C2CCCC2)C[C@H]2N1C(=O)CN(C)N2C(=O)NCc1ccccc1. The molecule has 1 aromatic carbocycles. The monoisotopic (exact) mass is 441 g/mol. The van der Waals surface area contributed by atoms with Gasteiger partial charge >= 0.3 is 6.03 Å². The predicted octanol–water partition coefficient (Wildman–Crippen LogP) is 2.56. The molecule has 2 aliphatic heterocycles. The molecule has 32 heavy (non-hydrogen) atoms. The Labute approximate surface area is 190 Å². The summed E-state index contributed by atoms with van der Waals surface area (Å²) in [5, 5.41) is 6.35. The number of nitrogens with one attached hydrogen (secondary N) is 1. The van der Waals surface area contributed by atoms with Gasteiger partial charge in [0.2, 0.25) is 11.8 Å². The molecule has 1 saturated carbocycles. The Kier molecular flexibility index (Phi) is 6.98. The second-order valence-electron chi connectivity index (χ2n) is 9.17. The third-order valence-corrected chi connectivity index (χ3v) is 6.98. The van der Waals surface area contributed by atoms with Gasteiger partial charge in [-0.3, -0.25) is 9.59 Å². The standard InChI is InChI=1S/C24H35N5O3/c1-3-4-14-20-23(31)27(19-12-8-9-13-19)16-21-28(20)22(30)17-26(2)29(21)24(32)25-15-18-10-6-5-7-11-18/h5-7,10-11,19-21H,3-4,8-9,12-17H2,1-2H3,(H,25,32)/t20-,21-/m0/s1. The second kappa shape index (κ2) is 9.90. The Bertz CT molecular complexity index is 826. The molecule has 1 N–H and O–H groups in total. The van der Waals surface area contributed by atoms with E-state index in [9.17, 15) is 14.4 Å². The number of unbranched alkanes of at least 4 members (excludes halogenated alkanes) is 1. The van der Waals surface area contributed by atoms with E-state index in [1.165, 1.54) is 0 Å². The third kappa shape index (κ3) is 4.46. The van der Waals surface area contributed by atoms with Crippen LogP contribution in [0.5, 0.6) is 0 Å². The van der Waals surface area contributed by atoms with Crippen LogP contribution in [0.3, 0.4) is 0 Å². The zero-order valence-electron chi connectivity index (χ0n) is 19.2. The normalized spacial score (nSPS) is 24.8. The fraction of sp³-hybridized carbons (Fsp3) is 0.625. The van der Waals surface area contributed by atoms with Crippen molar-refractivity contribution in [2.45, 2.75) is 76.7 Å². The fourth-order valence-corrected chi connectivity index (χ4v) is 5.34. The number of carbonyl (C=O) groups is 3.